The van der Waals surface area contributed by atoms with Crippen molar-refractivity contribution in [3.8, 4) is 0 Å². The smallest absolute Gasteiger partial charge is 0.309 e. The molecule has 0 spiro atoms. The highest BCUT2D eigenvalue weighted by atomic mass is 32.2. The van der Waals surface area contributed by atoms with Crippen LogP contribution in [-0.4, -0.2) is 26.3 Å². The summed E-state index contributed by atoms with van der Waals surface area (Å²) in [5.74, 6) is -0.887. The van der Waals surface area contributed by atoms with Gasteiger partial charge in [-0.2, -0.15) is 0 Å². The molecule has 0 aliphatic heterocycles. The highest BCUT2D eigenvalue weighted by Gasteiger charge is 2.09. The summed E-state index contributed by atoms with van der Waals surface area (Å²) in [5.41, 5.74) is 5.99. The lowest BCUT2D eigenvalue weighted by molar-refractivity contribution is -0.136. The average molecular weight is 274 g/mol. The molecule has 2 heterocycles. The lowest BCUT2D eigenvalue weighted by Gasteiger charge is -1.88. The molecule has 0 saturated carbocycles. The number of carbonyl (C=O) groups is 1. The standard InChI is InChI=1S/C7H6N4O2S3/c8-5-10-11-7(15-5)16-6-9-3(2-14-6)1-4(12)13/h2H,1H2,(H2,8,10)(H,12,13). The summed E-state index contributed by atoms with van der Waals surface area (Å²) in [6, 6.07) is 0. The van der Waals surface area contributed by atoms with Crippen molar-refractivity contribution in [3.63, 3.8) is 0 Å². The summed E-state index contributed by atoms with van der Waals surface area (Å²) in [7, 11) is 0. The van der Waals surface area contributed by atoms with E-state index in [1.165, 1.54) is 34.4 Å². The van der Waals surface area contributed by atoms with Gasteiger partial charge < -0.3 is 10.8 Å². The number of carboxylic acids is 1. The molecule has 0 radical (unpaired) electrons. The average Bonchev–Trinajstić information content (AvgIpc) is 2.76. The minimum Gasteiger partial charge on any atom is -0.481 e. The Morgan fingerprint density at radius 1 is 1.50 bits per heavy atom. The molecule has 0 saturated heterocycles. The molecule has 6 nitrogen and oxygen atoms in total. The molecule has 0 aliphatic rings. The predicted molar refractivity (Wildman–Crippen MR) is 61.9 cm³/mol. The van der Waals surface area contributed by atoms with Gasteiger partial charge in [-0.15, -0.1) is 21.5 Å². The number of nitrogens with two attached hydrogens (primary N) is 1. The Kier molecular flexibility index (Phi) is 3.36. The number of aliphatic carboxylic acids is 1. The first-order valence-electron chi connectivity index (χ1n) is 4.06. The number of hydrogen-bond acceptors (Lipinski definition) is 8. The summed E-state index contributed by atoms with van der Waals surface area (Å²) >= 11 is 3.99. The monoisotopic (exact) mass is 274 g/mol. The quantitative estimate of drug-likeness (QED) is 0.867. The molecule has 0 amide bonds. The Morgan fingerprint density at radius 3 is 2.94 bits per heavy atom. The molecule has 0 atom stereocenters. The van der Waals surface area contributed by atoms with Crippen LogP contribution in [0.15, 0.2) is 14.1 Å². The molecule has 3 N–H and O–H groups in total. The fourth-order valence-corrected chi connectivity index (χ4v) is 3.58. The van der Waals surface area contributed by atoms with Gasteiger partial charge in [0.15, 0.2) is 8.68 Å². The van der Waals surface area contributed by atoms with Gasteiger partial charge in [-0.25, -0.2) is 4.98 Å². The number of thiazole rings is 1. The third-order valence-corrected chi connectivity index (χ3v) is 4.25. The van der Waals surface area contributed by atoms with Crippen molar-refractivity contribution < 1.29 is 9.90 Å². The van der Waals surface area contributed by atoms with Crippen LogP contribution < -0.4 is 5.73 Å². The molecule has 16 heavy (non-hydrogen) atoms. The van der Waals surface area contributed by atoms with Crippen molar-refractivity contribution in [3.05, 3.63) is 11.1 Å². The van der Waals surface area contributed by atoms with Crippen LogP contribution in [0.1, 0.15) is 5.69 Å². The first-order chi connectivity index (χ1) is 7.63. The van der Waals surface area contributed by atoms with Crippen LogP contribution in [-0.2, 0) is 11.2 Å². The van der Waals surface area contributed by atoms with Gasteiger partial charge in [-0.05, 0) is 11.8 Å². The van der Waals surface area contributed by atoms with Gasteiger partial charge in [-0.3, -0.25) is 4.79 Å². The lowest BCUT2D eigenvalue weighted by atomic mass is 10.3. The zero-order chi connectivity index (χ0) is 11.5. The van der Waals surface area contributed by atoms with Crippen LogP contribution in [0.25, 0.3) is 0 Å². The highest BCUT2D eigenvalue weighted by molar-refractivity contribution is 8.02. The van der Waals surface area contributed by atoms with Crippen LogP contribution >= 0.6 is 34.4 Å². The van der Waals surface area contributed by atoms with E-state index in [1.54, 1.807) is 5.38 Å². The van der Waals surface area contributed by atoms with E-state index in [2.05, 4.69) is 15.2 Å². The minimum atomic E-state index is -0.887. The van der Waals surface area contributed by atoms with E-state index in [-0.39, 0.29) is 6.42 Å². The highest BCUT2D eigenvalue weighted by Crippen LogP contribution is 2.32. The van der Waals surface area contributed by atoms with Gasteiger partial charge >= 0.3 is 5.97 Å². The van der Waals surface area contributed by atoms with E-state index >= 15 is 0 Å². The second kappa shape index (κ2) is 4.76. The van der Waals surface area contributed by atoms with Crippen LogP contribution in [0.4, 0.5) is 5.13 Å². The van der Waals surface area contributed by atoms with Gasteiger partial charge in [0, 0.05) is 5.38 Å². The molecule has 0 bridgehead atoms. The van der Waals surface area contributed by atoms with Crippen molar-refractivity contribution in [2.45, 2.75) is 15.1 Å². The molecule has 84 valence electrons. The van der Waals surface area contributed by atoms with Crippen molar-refractivity contribution in [2.24, 2.45) is 0 Å². The molecule has 0 unspecified atom stereocenters. The molecule has 2 aromatic rings. The van der Waals surface area contributed by atoms with E-state index < -0.39 is 5.97 Å². The first kappa shape index (κ1) is 11.3. The third-order valence-electron chi connectivity index (χ3n) is 1.46. The molecule has 0 aromatic carbocycles. The number of nitrogens with zero attached hydrogens (tertiary/aromatic N) is 3. The normalized spacial score (nSPS) is 10.5. The Bertz CT molecular complexity index is 509. The van der Waals surface area contributed by atoms with Crippen molar-refractivity contribution in [1.29, 1.82) is 0 Å². The number of anilines is 1. The minimum absolute atomic E-state index is 0.0602. The molecule has 2 rings (SSSR count). The van der Waals surface area contributed by atoms with Gasteiger partial charge in [0.05, 0.1) is 12.1 Å². The summed E-state index contributed by atoms with van der Waals surface area (Å²) in [6.45, 7) is 0. The third kappa shape index (κ3) is 2.90. The van der Waals surface area contributed by atoms with Crippen molar-refractivity contribution in [1.82, 2.24) is 15.2 Å². The summed E-state index contributed by atoms with van der Waals surface area (Å²) < 4.78 is 1.45. The van der Waals surface area contributed by atoms with E-state index in [0.717, 1.165) is 4.34 Å². The van der Waals surface area contributed by atoms with Crippen LogP contribution in [0.3, 0.4) is 0 Å². The van der Waals surface area contributed by atoms with Gasteiger partial charge in [-0.1, -0.05) is 11.3 Å². The van der Waals surface area contributed by atoms with Crippen LogP contribution in [0.2, 0.25) is 0 Å². The topological polar surface area (TPSA) is 102 Å². The van der Waals surface area contributed by atoms with Crippen LogP contribution in [0, 0.1) is 0 Å². The number of nitrogen functional groups attached to an aromatic ring is 1. The van der Waals surface area contributed by atoms with E-state index in [4.69, 9.17) is 10.8 Å². The fourth-order valence-electron chi connectivity index (χ4n) is 0.908. The number of aromatic nitrogens is 3. The Balaban J connectivity index is 2.05. The van der Waals surface area contributed by atoms with Crippen LogP contribution in [0.5, 0.6) is 0 Å². The van der Waals surface area contributed by atoms with Gasteiger partial charge in [0.25, 0.3) is 0 Å². The summed E-state index contributed by atoms with van der Waals surface area (Å²) in [5, 5.41) is 18.2. The molecule has 0 fully saturated rings. The fraction of sp³-hybridized carbons (Fsp3) is 0.143. The van der Waals surface area contributed by atoms with E-state index in [9.17, 15) is 4.79 Å². The zero-order valence-corrected chi connectivity index (χ0v) is 10.2. The van der Waals surface area contributed by atoms with Crippen molar-refractivity contribution >= 4 is 45.5 Å². The zero-order valence-electron chi connectivity index (χ0n) is 7.78. The molecular formula is C7H6N4O2S3. The number of hydrogen-bond donors (Lipinski definition) is 2. The molecular weight excluding hydrogens is 268 g/mol. The van der Waals surface area contributed by atoms with Gasteiger partial charge in [0.1, 0.15) is 0 Å². The van der Waals surface area contributed by atoms with Gasteiger partial charge in [0.2, 0.25) is 5.13 Å². The Labute approximate surface area is 103 Å². The Morgan fingerprint density at radius 2 is 2.31 bits per heavy atom. The number of rotatable bonds is 4. The van der Waals surface area contributed by atoms with Crippen molar-refractivity contribution in [2.75, 3.05) is 5.73 Å². The maximum Gasteiger partial charge on any atom is 0.309 e. The maximum absolute atomic E-state index is 10.5. The molecule has 2 aromatic heterocycles. The maximum atomic E-state index is 10.5. The predicted octanol–water partition coefficient (Wildman–Crippen LogP) is 1.36. The van der Waals surface area contributed by atoms with E-state index in [0.29, 0.717) is 15.2 Å². The second-order valence-corrected chi connectivity index (χ2v) is 6.05. The molecule has 0 aliphatic carbocycles. The SMILES string of the molecule is Nc1nnc(Sc2nc(CC(=O)O)cs2)s1. The Hall–Kier alpha value is -1.19. The molecule has 9 heteroatoms. The summed E-state index contributed by atoms with van der Waals surface area (Å²) in [6.07, 6.45) is -0.0602. The first-order valence-corrected chi connectivity index (χ1v) is 6.58. The lowest BCUT2D eigenvalue weighted by Crippen LogP contribution is -1.99. The number of carboxylic acid groups (broad SMARTS) is 1. The second-order valence-electron chi connectivity index (χ2n) is 2.68. The summed E-state index contributed by atoms with van der Waals surface area (Å²) in [4.78, 5) is 14.6. The van der Waals surface area contributed by atoms with E-state index in [1.807, 2.05) is 0 Å². The largest absolute Gasteiger partial charge is 0.481 e.